The van der Waals surface area contributed by atoms with Gasteiger partial charge in [-0.15, -0.1) is 0 Å². The van der Waals surface area contributed by atoms with Gasteiger partial charge in [0.25, 0.3) is 5.91 Å². The molecule has 6 nitrogen and oxygen atoms in total. The summed E-state index contributed by atoms with van der Waals surface area (Å²) in [5.41, 5.74) is -0.650. The summed E-state index contributed by atoms with van der Waals surface area (Å²) in [5, 5.41) is 5.98. The second-order valence-electron chi connectivity index (χ2n) is 8.41. The third kappa shape index (κ3) is 3.92. The molecule has 1 heterocycles. The van der Waals surface area contributed by atoms with Crippen LogP contribution in [0.2, 0.25) is 10.0 Å². The van der Waals surface area contributed by atoms with E-state index in [-0.39, 0.29) is 22.9 Å². The molecule has 2 atom stereocenters. The van der Waals surface area contributed by atoms with Gasteiger partial charge in [0.15, 0.2) is 0 Å². The van der Waals surface area contributed by atoms with Crippen LogP contribution in [0.4, 0.5) is 10.5 Å². The van der Waals surface area contributed by atoms with Gasteiger partial charge in [0.1, 0.15) is 12.1 Å². The first-order valence-corrected chi connectivity index (χ1v) is 9.67. The van der Waals surface area contributed by atoms with Crippen LogP contribution in [-0.2, 0) is 9.59 Å². The van der Waals surface area contributed by atoms with Gasteiger partial charge in [-0.25, -0.2) is 4.79 Å². The smallest absolute Gasteiger partial charge is 0.323 e. The molecule has 0 aromatic heterocycles. The Morgan fingerprint density at radius 1 is 1.30 bits per heavy atom. The highest BCUT2D eigenvalue weighted by atomic mass is 35.5. The Kier molecular flexibility index (Phi) is 5.16. The number of urea groups is 1. The second kappa shape index (κ2) is 6.99. The van der Waals surface area contributed by atoms with E-state index in [2.05, 4.69) is 31.4 Å². The predicted octanol–water partition coefficient (Wildman–Crippen LogP) is 4.07. The highest BCUT2D eigenvalue weighted by Gasteiger charge is 2.56. The third-order valence-corrected chi connectivity index (χ3v) is 5.97. The Bertz CT molecular complexity index is 811. The minimum absolute atomic E-state index is 0.0623. The van der Waals surface area contributed by atoms with E-state index in [1.54, 1.807) is 18.2 Å². The van der Waals surface area contributed by atoms with Crippen molar-refractivity contribution in [2.45, 2.75) is 45.6 Å². The molecule has 2 fully saturated rings. The summed E-state index contributed by atoms with van der Waals surface area (Å²) in [6.45, 7) is 5.91. The van der Waals surface area contributed by atoms with Gasteiger partial charge in [-0.05, 0) is 42.7 Å². The van der Waals surface area contributed by atoms with E-state index in [4.69, 9.17) is 23.2 Å². The van der Waals surface area contributed by atoms with Gasteiger partial charge >= 0.3 is 6.03 Å². The summed E-state index contributed by atoms with van der Waals surface area (Å²) in [6, 6.07) is 4.33. The molecule has 0 radical (unpaired) electrons. The molecule has 8 heteroatoms. The summed E-state index contributed by atoms with van der Waals surface area (Å²) in [4.78, 5) is 38.9. The molecule has 3 rings (SSSR count). The van der Waals surface area contributed by atoms with Crippen LogP contribution in [-0.4, -0.2) is 34.8 Å². The number of nitrogens with one attached hydrogen (secondary N) is 2. The fraction of sp³-hybridized carbons (Fsp3) is 0.526. The Morgan fingerprint density at radius 3 is 2.67 bits per heavy atom. The van der Waals surface area contributed by atoms with Crippen molar-refractivity contribution in [1.29, 1.82) is 0 Å². The van der Waals surface area contributed by atoms with Gasteiger partial charge in [-0.3, -0.25) is 14.5 Å². The summed E-state index contributed by atoms with van der Waals surface area (Å²) in [5.74, 6) is -0.542. The Morgan fingerprint density at radius 2 is 2.00 bits per heavy atom. The van der Waals surface area contributed by atoms with E-state index >= 15 is 0 Å². The first-order valence-electron chi connectivity index (χ1n) is 8.91. The SMILES string of the molecule is CC1CC(C)(C)CC2(C1)NC(=O)N(CC(=O)Nc1cccc(Cl)c1Cl)C2=O. The van der Waals surface area contributed by atoms with E-state index < -0.39 is 17.5 Å². The summed E-state index contributed by atoms with van der Waals surface area (Å²) in [7, 11) is 0. The molecule has 1 aromatic rings. The lowest BCUT2D eigenvalue weighted by atomic mass is 9.64. The molecule has 1 aliphatic carbocycles. The molecule has 2 N–H and O–H groups in total. The van der Waals surface area contributed by atoms with Crippen LogP contribution in [0.15, 0.2) is 18.2 Å². The molecular formula is C19H23Cl2N3O3. The monoisotopic (exact) mass is 411 g/mol. The van der Waals surface area contributed by atoms with E-state index in [0.29, 0.717) is 29.5 Å². The number of amides is 4. The molecule has 1 aromatic carbocycles. The number of hydrogen-bond acceptors (Lipinski definition) is 3. The number of benzene rings is 1. The van der Waals surface area contributed by atoms with Gasteiger partial charge < -0.3 is 10.6 Å². The van der Waals surface area contributed by atoms with Crippen LogP contribution in [0.3, 0.4) is 0 Å². The first-order chi connectivity index (χ1) is 12.5. The Hall–Kier alpha value is -1.79. The zero-order chi connectivity index (χ0) is 20.0. The molecule has 2 unspecified atom stereocenters. The predicted molar refractivity (Wildman–Crippen MR) is 105 cm³/mol. The van der Waals surface area contributed by atoms with Crippen LogP contribution in [0.5, 0.6) is 0 Å². The Labute approximate surface area is 168 Å². The maximum Gasteiger partial charge on any atom is 0.325 e. The number of hydrogen-bond donors (Lipinski definition) is 2. The molecule has 27 heavy (non-hydrogen) atoms. The number of halogens is 2. The van der Waals surface area contributed by atoms with Crippen LogP contribution in [0, 0.1) is 11.3 Å². The first kappa shape index (κ1) is 20.0. The number of imide groups is 1. The van der Waals surface area contributed by atoms with Crippen LogP contribution < -0.4 is 10.6 Å². The molecule has 1 saturated heterocycles. The fourth-order valence-electron chi connectivity index (χ4n) is 4.58. The van der Waals surface area contributed by atoms with Crippen molar-refractivity contribution in [3.63, 3.8) is 0 Å². The van der Waals surface area contributed by atoms with E-state index in [1.165, 1.54) is 0 Å². The van der Waals surface area contributed by atoms with E-state index in [1.807, 2.05) is 0 Å². The van der Waals surface area contributed by atoms with Crippen molar-refractivity contribution in [2.24, 2.45) is 11.3 Å². The minimum Gasteiger partial charge on any atom is -0.323 e. The number of rotatable bonds is 3. The van der Waals surface area contributed by atoms with Crippen LogP contribution in [0.25, 0.3) is 0 Å². The maximum absolute atomic E-state index is 13.1. The van der Waals surface area contributed by atoms with Gasteiger partial charge in [0.2, 0.25) is 5.91 Å². The van der Waals surface area contributed by atoms with E-state index in [9.17, 15) is 14.4 Å². The maximum atomic E-state index is 13.1. The van der Waals surface area contributed by atoms with E-state index in [0.717, 1.165) is 11.3 Å². The molecule has 146 valence electrons. The standard InChI is InChI=1S/C19H23Cl2N3O3/c1-11-7-18(2,3)10-19(8-11)16(26)24(17(27)23-19)9-14(25)22-13-6-4-5-12(20)15(13)21/h4-6,11H,7-10H2,1-3H3,(H,22,25)(H,23,27). The molecule has 1 spiro atoms. The second-order valence-corrected chi connectivity index (χ2v) is 9.19. The minimum atomic E-state index is -0.924. The third-order valence-electron chi connectivity index (χ3n) is 5.15. The van der Waals surface area contributed by atoms with Crippen molar-refractivity contribution < 1.29 is 14.4 Å². The zero-order valence-corrected chi connectivity index (χ0v) is 17.1. The molecule has 0 bridgehead atoms. The van der Waals surface area contributed by atoms with Crippen LogP contribution in [0.1, 0.15) is 40.0 Å². The largest absolute Gasteiger partial charge is 0.325 e. The van der Waals surface area contributed by atoms with Crippen molar-refractivity contribution in [1.82, 2.24) is 10.2 Å². The topological polar surface area (TPSA) is 78.5 Å². The van der Waals surface area contributed by atoms with Gasteiger partial charge in [0.05, 0.1) is 15.7 Å². The average molecular weight is 412 g/mol. The molecule has 2 aliphatic rings. The summed E-state index contributed by atoms with van der Waals surface area (Å²) < 4.78 is 0. The number of anilines is 1. The molecule has 4 amide bonds. The van der Waals surface area contributed by atoms with Crippen molar-refractivity contribution in [3.05, 3.63) is 28.2 Å². The molecule has 1 aliphatic heterocycles. The zero-order valence-electron chi connectivity index (χ0n) is 15.6. The number of carbonyl (C=O) groups excluding carboxylic acids is 3. The van der Waals surface area contributed by atoms with Gasteiger partial charge in [-0.2, -0.15) is 0 Å². The van der Waals surface area contributed by atoms with Crippen LogP contribution >= 0.6 is 23.2 Å². The Balaban J connectivity index is 1.74. The highest BCUT2D eigenvalue weighted by molar-refractivity contribution is 6.44. The average Bonchev–Trinajstić information content (AvgIpc) is 2.73. The quantitative estimate of drug-likeness (QED) is 0.735. The van der Waals surface area contributed by atoms with Gasteiger partial charge in [-0.1, -0.05) is 50.0 Å². The lowest BCUT2D eigenvalue weighted by Crippen LogP contribution is -2.54. The molecular weight excluding hydrogens is 389 g/mol. The van der Waals surface area contributed by atoms with Crippen molar-refractivity contribution in [3.8, 4) is 0 Å². The highest BCUT2D eigenvalue weighted by Crippen LogP contribution is 2.46. The molecule has 1 saturated carbocycles. The summed E-state index contributed by atoms with van der Waals surface area (Å²) >= 11 is 12.0. The fourth-order valence-corrected chi connectivity index (χ4v) is 4.93. The normalized spacial score (nSPS) is 27.0. The van der Waals surface area contributed by atoms with Crippen molar-refractivity contribution >= 4 is 46.7 Å². The lowest BCUT2D eigenvalue weighted by Gasteiger charge is -2.43. The number of nitrogens with zero attached hydrogens (tertiary/aromatic N) is 1. The van der Waals surface area contributed by atoms with Crippen molar-refractivity contribution in [2.75, 3.05) is 11.9 Å². The summed E-state index contributed by atoms with van der Waals surface area (Å²) in [6.07, 6.45) is 2.14. The number of carbonyl (C=O) groups is 3. The lowest BCUT2D eigenvalue weighted by molar-refractivity contribution is -0.136. The van der Waals surface area contributed by atoms with Gasteiger partial charge in [0, 0.05) is 0 Å².